The van der Waals surface area contributed by atoms with Crippen LogP contribution in [-0.4, -0.2) is 9.78 Å². The van der Waals surface area contributed by atoms with Gasteiger partial charge in [-0.25, -0.2) is 4.68 Å². The molecule has 0 aliphatic heterocycles. The Balaban J connectivity index is 2.83. The Morgan fingerprint density at radius 3 is 2.48 bits per heavy atom. The Bertz CT molecular complexity index is 883. The lowest BCUT2D eigenvalue weighted by Crippen LogP contribution is -2.10. The summed E-state index contributed by atoms with van der Waals surface area (Å²) in [5.41, 5.74) is 4.45. The molecule has 2 N–H and O–H groups in total. The molecule has 0 unspecified atom stereocenters. The van der Waals surface area contributed by atoms with Crippen molar-refractivity contribution in [2.45, 2.75) is 13.1 Å². The van der Waals surface area contributed by atoms with Gasteiger partial charge in [0, 0.05) is 0 Å². The van der Waals surface area contributed by atoms with Crippen LogP contribution in [0.2, 0.25) is 10.0 Å². The molecule has 1 heterocycles. The molecule has 0 saturated carbocycles. The molecule has 4 nitrogen and oxygen atoms in total. The number of rotatable bonds is 1. The maximum absolute atomic E-state index is 13.0. The van der Waals surface area contributed by atoms with Crippen LogP contribution in [0.4, 0.5) is 19.0 Å². The Kier molecular flexibility index (Phi) is 4.46. The molecule has 0 aliphatic carbocycles. The normalized spacial score (nSPS) is 10.8. The molecule has 0 fully saturated rings. The summed E-state index contributed by atoms with van der Waals surface area (Å²) >= 11 is 11.8. The van der Waals surface area contributed by atoms with E-state index >= 15 is 0 Å². The highest BCUT2D eigenvalue weighted by Gasteiger charge is 2.35. The molecule has 0 aliphatic rings. The fourth-order valence-electron chi connectivity index (χ4n) is 1.88. The predicted octanol–water partition coefficient (Wildman–Crippen LogP) is 4.02. The molecule has 118 valence electrons. The van der Waals surface area contributed by atoms with Crippen LogP contribution in [-0.2, 0) is 6.18 Å². The van der Waals surface area contributed by atoms with Crippen LogP contribution < -0.4 is 5.73 Å². The largest absolute Gasteiger partial charge is 0.417 e. The van der Waals surface area contributed by atoms with Crippen molar-refractivity contribution in [2.75, 3.05) is 5.73 Å². The second-order valence-corrected chi connectivity index (χ2v) is 5.05. The van der Waals surface area contributed by atoms with Gasteiger partial charge in [-0.3, -0.25) is 0 Å². The lowest BCUT2D eigenvalue weighted by Gasteiger charge is -2.14. The summed E-state index contributed by atoms with van der Waals surface area (Å²) in [6.45, 7) is 1.52. The smallest absolute Gasteiger partial charge is 0.383 e. The highest BCUT2D eigenvalue weighted by Crippen LogP contribution is 2.41. The molecular weight excluding hydrogens is 352 g/mol. The number of halogens is 5. The third-order valence-electron chi connectivity index (χ3n) is 2.86. The van der Waals surface area contributed by atoms with Crippen molar-refractivity contribution in [1.29, 1.82) is 5.26 Å². The van der Waals surface area contributed by atoms with Crippen molar-refractivity contribution >= 4 is 29.0 Å². The first kappa shape index (κ1) is 17.0. The molecular formula is C14H7Cl2F3N4. The number of aromatic nitrogens is 2. The van der Waals surface area contributed by atoms with Gasteiger partial charge < -0.3 is 5.73 Å². The first-order chi connectivity index (χ1) is 10.7. The number of hydrogen-bond acceptors (Lipinski definition) is 3. The third-order valence-corrected chi connectivity index (χ3v) is 3.55. The van der Waals surface area contributed by atoms with E-state index in [0.29, 0.717) is 0 Å². The number of benzene rings is 1. The van der Waals surface area contributed by atoms with E-state index in [4.69, 9.17) is 34.2 Å². The molecule has 23 heavy (non-hydrogen) atoms. The summed E-state index contributed by atoms with van der Waals surface area (Å²) in [5, 5.41) is 12.1. The molecule has 2 aromatic rings. The Labute approximate surface area is 139 Å². The number of nitrogens with zero attached hydrogens (tertiary/aromatic N) is 3. The second kappa shape index (κ2) is 6.04. The van der Waals surface area contributed by atoms with Crippen molar-refractivity contribution in [3.8, 4) is 23.6 Å². The van der Waals surface area contributed by atoms with Crippen molar-refractivity contribution in [2.24, 2.45) is 0 Å². The fraction of sp³-hybridized carbons (Fsp3) is 0.143. The summed E-state index contributed by atoms with van der Waals surface area (Å²) < 4.78 is 39.8. The fourth-order valence-corrected chi connectivity index (χ4v) is 2.52. The Hall–Kier alpha value is -2.35. The van der Waals surface area contributed by atoms with Gasteiger partial charge in [-0.1, -0.05) is 29.1 Å². The van der Waals surface area contributed by atoms with Crippen molar-refractivity contribution in [3.05, 3.63) is 39.0 Å². The number of hydrogen-bond donors (Lipinski definition) is 1. The molecule has 0 atom stereocenters. The standard InChI is InChI=1S/C14H7Cl2F3N4/c1-2-3-7-10(6-20)22-23(13(7)21)12-9(15)5-4-8(11(12)16)14(17,18)19/h4-5H,21H2,1H3. The van der Waals surface area contributed by atoms with Crippen LogP contribution in [0.15, 0.2) is 12.1 Å². The molecule has 1 aromatic heterocycles. The SMILES string of the molecule is CC#Cc1c(C#N)nn(-c2c(Cl)ccc(C(F)(F)F)c2Cl)c1N. The van der Waals surface area contributed by atoms with Crippen molar-refractivity contribution in [3.63, 3.8) is 0 Å². The van der Waals surface area contributed by atoms with E-state index in [1.807, 2.05) is 0 Å². The van der Waals surface area contributed by atoms with Crippen LogP contribution in [0.5, 0.6) is 0 Å². The van der Waals surface area contributed by atoms with Gasteiger partial charge in [-0.05, 0) is 19.1 Å². The molecule has 0 radical (unpaired) electrons. The Morgan fingerprint density at radius 2 is 1.96 bits per heavy atom. The zero-order valence-corrected chi connectivity index (χ0v) is 13.0. The van der Waals surface area contributed by atoms with E-state index < -0.39 is 16.8 Å². The molecule has 2 rings (SSSR count). The summed E-state index contributed by atoms with van der Waals surface area (Å²) in [6.07, 6.45) is -4.68. The molecule has 0 bridgehead atoms. The monoisotopic (exact) mass is 358 g/mol. The van der Waals surface area contributed by atoms with Gasteiger partial charge in [0.25, 0.3) is 0 Å². The van der Waals surface area contributed by atoms with E-state index in [1.54, 1.807) is 6.07 Å². The van der Waals surface area contributed by atoms with Crippen molar-refractivity contribution in [1.82, 2.24) is 9.78 Å². The minimum Gasteiger partial charge on any atom is -0.383 e. The van der Waals surface area contributed by atoms with Gasteiger partial charge in [0.05, 0.1) is 15.6 Å². The van der Waals surface area contributed by atoms with Crippen molar-refractivity contribution < 1.29 is 13.2 Å². The van der Waals surface area contributed by atoms with Gasteiger partial charge in [-0.2, -0.15) is 23.5 Å². The molecule has 0 saturated heterocycles. The zero-order chi connectivity index (χ0) is 17.4. The summed E-state index contributed by atoms with van der Waals surface area (Å²) in [5.74, 6) is 5.00. The molecule has 0 spiro atoms. The number of nitriles is 1. The van der Waals surface area contributed by atoms with E-state index in [2.05, 4.69) is 16.9 Å². The number of alkyl halides is 3. The number of anilines is 1. The maximum Gasteiger partial charge on any atom is 0.417 e. The zero-order valence-electron chi connectivity index (χ0n) is 11.5. The lowest BCUT2D eigenvalue weighted by atomic mass is 10.2. The first-order valence-electron chi connectivity index (χ1n) is 5.99. The van der Waals surface area contributed by atoms with Gasteiger partial charge in [0.1, 0.15) is 23.1 Å². The minimum atomic E-state index is -4.68. The highest BCUT2D eigenvalue weighted by molar-refractivity contribution is 6.38. The summed E-state index contributed by atoms with van der Waals surface area (Å²) in [7, 11) is 0. The van der Waals surface area contributed by atoms with E-state index in [1.165, 1.54) is 6.92 Å². The molecule has 1 aromatic carbocycles. The van der Waals surface area contributed by atoms with Gasteiger partial charge in [0.2, 0.25) is 0 Å². The number of nitrogen functional groups attached to an aromatic ring is 1. The van der Waals surface area contributed by atoms with Crippen LogP contribution >= 0.6 is 23.2 Å². The maximum atomic E-state index is 13.0. The van der Waals surface area contributed by atoms with Gasteiger partial charge in [0.15, 0.2) is 5.69 Å². The third kappa shape index (κ3) is 2.94. The quantitative estimate of drug-likeness (QED) is 0.782. The van der Waals surface area contributed by atoms with E-state index in [0.717, 1.165) is 16.8 Å². The molecule has 0 amide bonds. The summed E-state index contributed by atoms with van der Waals surface area (Å²) in [6, 6.07) is 3.56. The van der Waals surface area contributed by atoms with Crippen LogP contribution in [0, 0.1) is 23.2 Å². The second-order valence-electron chi connectivity index (χ2n) is 4.26. The average molecular weight is 359 g/mol. The first-order valence-corrected chi connectivity index (χ1v) is 6.74. The topological polar surface area (TPSA) is 67.6 Å². The average Bonchev–Trinajstić information content (AvgIpc) is 2.75. The van der Waals surface area contributed by atoms with E-state index in [-0.39, 0.29) is 27.8 Å². The van der Waals surface area contributed by atoms with Crippen LogP contribution in [0.1, 0.15) is 23.7 Å². The van der Waals surface area contributed by atoms with Gasteiger partial charge >= 0.3 is 6.18 Å². The summed E-state index contributed by atoms with van der Waals surface area (Å²) in [4.78, 5) is 0. The van der Waals surface area contributed by atoms with Crippen LogP contribution in [0.3, 0.4) is 0 Å². The number of nitrogens with two attached hydrogens (primary N) is 1. The highest BCUT2D eigenvalue weighted by atomic mass is 35.5. The Morgan fingerprint density at radius 1 is 1.30 bits per heavy atom. The lowest BCUT2D eigenvalue weighted by molar-refractivity contribution is -0.137. The van der Waals surface area contributed by atoms with Crippen LogP contribution in [0.25, 0.3) is 5.69 Å². The minimum absolute atomic E-state index is 0.0968. The molecule has 9 heteroatoms. The van der Waals surface area contributed by atoms with Gasteiger partial charge in [-0.15, -0.1) is 5.92 Å². The predicted molar refractivity (Wildman–Crippen MR) is 80.3 cm³/mol. The van der Waals surface area contributed by atoms with E-state index in [9.17, 15) is 13.2 Å².